The molecule has 1 N–H and O–H groups in total. The first-order chi connectivity index (χ1) is 15.7. The van der Waals surface area contributed by atoms with Gasteiger partial charge in [0.05, 0.1) is 46.0 Å². The highest BCUT2D eigenvalue weighted by molar-refractivity contribution is 5.93. The van der Waals surface area contributed by atoms with Crippen LogP contribution in [0.25, 0.3) is 39.3 Å². The molecule has 3 aromatic heterocycles. The minimum Gasteiger partial charge on any atom is -0.381 e. The lowest BCUT2D eigenvalue weighted by Crippen LogP contribution is -2.19. The van der Waals surface area contributed by atoms with Gasteiger partial charge in [0.25, 0.3) is 0 Å². The summed E-state index contributed by atoms with van der Waals surface area (Å²) in [6.07, 6.45) is 3.45. The minimum absolute atomic E-state index is 0.113. The second kappa shape index (κ2) is 7.33. The van der Waals surface area contributed by atoms with Crippen LogP contribution in [0.2, 0.25) is 0 Å². The second-order valence-corrected chi connectivity index (χ2v) is 8.81. The van der Waals surface area contributed by atoms with Crippen LogP contribution in [-0.4, -0.2) is 34.3 Å². The van der Waals surface area contributed by atoms with Gasteiger partial charge in [-0.3, -0.25) is 13.7 Å². The van der Waals surface area contributed by atoms with Gasteiger partial charge in [-0.25, -0.2) is 19.2 Å². The molecule has 8 nitrogen and oxygen atoms in total. The smallest absolute Gasteiger partial charge is 0.328 e. The zero-order valence-electron chi connectivity index (χ0n) is 19.5. The Kier molecular flexibility index (Phi) is 4.66. The summed E-state index contributed by atoms with van der Waals surface area (Å²) in [5, 5.41) is 3.47. The van der Waals surface area contributed by atoms with Crippen LogP contribution >= 0.6 is 0 Å². The molecule has 0 bridgehead atoms. The molecule has 0 saturated heterocycles. The number of nitrogens with one attached hydrogen (secondary N) is 1. The van der Waals surface area contributed by atoms with Gasteiger partial charge >= 0.3 is 5.69 Å². The van der Waals surface area contributed by atoms with Gasteiger partial charge in [-0.15, -0.1) is 0 Å². The molecule has 0 aliphatic rings. The maximum atomic E-state index is 14.7. The van der Waals surface area contributed by atoms with E-state index in [1.807, 2.05) is 42.2 Å². The number of nitrogens with zero attached hydrogens (tertiary/aromatic N) is 6. The van der Waals surface area contributed by atoms with E-state index in [-0.39, 0.29) is 17.5 Å². The van der Waals surface area contributed by atoms with Crippen LogP contribution in [0.1, 0.15) is 19.4 Å². The van der Waals surface area contributed by atoms with E-state index in [0.29, 0.717) is 22.4 Å². The van der Waals surface area contributed by atoms with Gasteiger partial charge in [-0.05, 0) is 44.5 Å². The number of hydrogen-bond donors (Lipinski definition) is 1. The van der Waals surface area contributed by atoms with Crippen LogP contribution in [0.4, 0.5) is 10.1 Å². The number of fused-ring (bicyclic) bond motifs is 2. The lowest BCUT2D eigenvalue weighted by Gasteiger charge is -2.16. The molecule has 5 aromatic rings. The van der Waals surface area contributed by atoms with Crippen LogP contribution in [0.5, 0.6) is 0 Å². The Hall–Kier alpha value is -3.88. The first-order valence-corrected chi connectivity index (χ1v) is 10.8. The first kappa shape index (κ1) is 21.0. The van der Waals surface area contributed by atoms with Crippen LogP contribution in [0.15, 0.2) is 41.6 Å². The molecule has 0 amide bonds. The predicted molar refractivity (Wildman–Crippen MR) is 128 cm³/mol. The van der Waals surface area contributed by atoms with Crippen molar-refractivity contribution < 1.29 is 4.39 Å². The van der Waals surface area contributed by atoms with Gasteiger partial charge in [0, 0.05) is 33.3 Å². The highest BCUT2D eigenvalue weighted by Crippen LogP contribution is 2.34. The fourth-order valence-corrected chi connectivity index (χ4v) is 4.39. The third-order valence-corrected chi connectivity index (χ3v) is 6.03. The fourth-order valence-electron chi connectivity index (χ4n) is 4.39. The van der Waals surface area contributed by atoms with E-state index in [4.69, 9.17) is 4.98 Å². The molecule has 9 heteroatoms. The molecule has 0 fully saturated rings. The van der Waals surface area contributed by atoms with Crippen molar-refractivity contribution in [2.45, 2.75) is 26.8 Å². The molecule has 0 aliphatic carbocycles. The second-order valence-electron chi connectivity index (χ2n) is 8.81. The van der Waals surface area contributed by atoms with E-state index < -0.39 is 0 Å². The molecule has 0 atom stereocenters. The molecule has 170 valence electrons. The molecule has 2 aromatic carbocycles. The summed E-state index contributed by atoms with van der Waals surface area (Å²) in [4.78, 5) is 21.8. The zero-order valence-corrected chi connectivity index (χ0v) is 19.5. The lowest BCUT2D eigenvalue weighted by atomic mass is 10.2. The van der Waals surface area contributed by atoms with E-state index >= 15 is 0 Å². The molecule has 0 unspecified atom stereocenters. The summed E-state index contributed by atoms with van der Waals surface area (Å²) in [7, 11) is 5.42. The predicted octanol–water partition coefficient (Wildman–Crippen LogP) is 3.88. The number of anilines is 1. The Bertz CT molecular complexity index is 1600. The summed E-state index contributed by atoms with van der Waals surface area (Å²) in [6, 6.07) is 7.35. The fraction of sp³-hybridized carbons (Fsp3) is 0.292. The van der Waals surface area contributed by atoms with Crippen molar-refractivity contribution in [1.82, 2.24) is 28.2 Å². The Morgan fingerprint density at radius 1 is 1.03 bits per heavy atom. The van der Waals surface area contributed by atoms with E-state index in [2.05, 4.69) is 10.3 Å². The third kappa shape index (κ3) is 3.14. The molecule has 33 heavy (non-hydrogen) atoms. The van der Waals surface area contributed by atoms with Crippen LogP contribution in [0.3, 0.4) is 0 Å². The van der Waals surface area contributed by atoms with Crippen molar-refractivity contribution in [3.8, 4) is 17.2 Å². The number of hydrogen-bond acceptors (Lipinski definition) is 4. The normalized spacial score (nSPS) is 11.9. The van der Waals surface area contributed by atoms with Gasteiger partial charge in [-0.2, -0.15) is 0 Å². The summed E-state index contributed by atoms with van der Waals surface area (Å²) in [6.45, 7) is 5.82. The number of rotatable bonds is 4. The number of benzene rings is 2. The Labute approximate surface area is 189 Å². The topological polar surface area (TPSA) is 74.6 Å². The number of halogens is 1. The average Bonchev–Trinajstić information content (AvgIpc) is 3.39. The van der Waals surface area contributed by atoms with Crippen LogP contribution < -0.4 is 11.0 Å². The van der Waals surface area contributed by atoms with Crippen LogP contribution in [0, 0.1) is 12.7 Å². The minimum atomic E-state index is -0.297. The van der Waals surface area contributed by atoms with Crippen molar-refractivity contribution in [3.63, 3.8) is 0 Å². The van der Waals surface area contributed by atoms with E-state index in [1.165, 1.54) is 6.07 Å². The number of aryl methyl sites for hydroxylation is 4. The quantitative estimate of drug-likeness (QED) is 0.454. The van der Waals surface area contributed by atoms with E-state index in [9.17, 15) is 9.18 Å². The first-order valence-electron chi connectivity index (χ1n) is 10.8. The Morgan fingerprint density at radius 3 is 2.45 bits per heavy atom. The third-order valence-electron chi connectivity index (χ3n) is 6.03. The molecule has 5 rings (SSSR count). The highest BCUT2D eigenvalue weighted by atomic mass is 19.1. The van der Waals surface area contributed by atoms with Gasteiger partial charge in [0.2, 0.25) is 0 Å². The highest BCUT2D eigenvalue weighted by Gasteiger charge is 2.21. The van der Waals surface area contributed by atoms with Gasteiger partial charge in [0.15, 0.2) is 5.82 Å². The number of imidazole rings is 3. The van der Waals surface area contributed by atoms with Crippen molar-refractivity contribution in [1.29, 1.82) is 0 Å². The monoisotopic (exact) mass is 447 g/mol. The molecule has 0 radical (unpaired) electrons. The summed E-state index contributed by atoms with van der Waals surface area (Å²) < 4.78 is 21.8. The summed E-state index contributed by atoms with van der Waals surface area (Å²) >= 11 is 0. The maximum absolute atomic E-state index is 14.7. The van der Waals surface area contributed by atoms with Gasteiger partial charge in [-0.1, -0.05) is 0 Å². The zero-order chi connectivity index (χ0) is 23.6. The van der Waals surface area contributed by atoms with Crippen molar-refractivity contribution in [3.05, 3.63) is 58.7 Å². The van der Waals surface area contributed by atoms with Gasteiger partial charge in [0.1, 0.15) is 11.5 Å². The molecule has 0 aliphatic heterocycles. The van der Waals surface area contributed by atoms with E-state index in [1.54, 1.807) is 48.7 Å². The van der Waals surface area contributed by atoms with Crippen molar-refractivity contribution in [2.75, 3.05) is 5.32 Å². The van der Waals surface area contributed by atoms with Crippen LogP contribution in [-0.2, 0) is 21.1 Å². The maximum Gasteiger partial charge on any atom is 0.328 e. The molecular formula is C24H26FN7O. The lowest BCUT2D eigenvalue weighted by molar-refractivity contribution is 0.620. The largest absolute Gasteiger partial charge is 0.381 e. The molecular weight excluding hydrogens is 421 g/mol. The molecule has 0 saturated carbocycles. The standard InChI is InChI=1S/C24H26FN7O/c1-13(2)27-18-8-15(9-20-22(18)31(6)24(33)30(20)5)32-19-10-16(25)14(3)7-17(19)28-23(32)21-11-26-12-29(21)4/h7-13,27H,1-6H3. The SMILES string of the molecule is Cc1cc2nc(-c3cncn3C)n(-c3cc(NC(C)C)c4c(c3)n(C)c(=O)n4C)c2cc1F. The Balaban J connectivity index is 1.92. The summed E-state index contributed by atoms with van der Waals surface area (Å²) in [5.74, 6) is 0.347. The molecule has 3 heterocycles. The molecule has 0 spiro atoms. The summed E-state index contributed by atoms with van der Waals surface area (Å²) in [5.41, 5.74) is 5.73. The van der Waals surface area contributed by atoms with Crippen molar-refractivity contribution in [2.24, 2.45) is 21.1 Å². The average molecular weight is 448 g/mol. The van der Waals surface area contributed by atoms with Gasteiger partial charge < -0.3 is 9.88 Å². The van der Waals surface area contributed by atoms with E-state index in [0.717, 1.165) is 28.1 Å². The van der Waals surface area contributed by atoms with Crippen molar-refractivity contribution >= 4 is 27.8 Å². The Morgan fingerprint density at radius 2 is 1.79 bits per heavy atom. The number of aromatic nitrogens is 6.